The van der Waals surface area contributed by atoms with Gasteiger partial charge in [0.05, 0.1) is 6.04 Å². The lowest BCUT2D eigenvalue weighted by Crippen LogP contribution is -2.23. The lowest BCUT2D eigenvalue weighted by atomic mass is 9.94. The molecule has 1 atom stereocenters. The van der Waals surface area contributed by atoms with Crippen LogP contribution in [0.25, 0.3) is 0 Å². The van der Waals surface area contributed by atoms with Gasteiger partial charge in [0.2, 0.25) is 0 Å². The van der Waals surface area contributed by atoms with Gasteiger partial charge in [0.1, 0.15) is 5.82 Å². The molecule has 0 aliphatic carbocycles. The van der Waals surface area contributed by atoms with Crippen LogP contribution in [0.2, 0.25) is 0 Å². The van der Waals surface area contributed by atoms with Crippen LogP contribution in [-0.2, 0) is 0 Å². The maximum Gasteiger partial charge on any atom is 0.131 e. The molecule has 1 N–H and O–H groups in total. The molecule has 0 bridgehead atoms. The van der Waals surface area contributed by atoms with Crippen molar-refractivity contribution in [2.24, 2.45) is 0 Å². The van der Waals surface area contributed by atoms with E-state index >= 15 is 0 Å². The molecule has 0 heterocycles. The molecule has 0 amide bonds. The van der Waals surface area contributed by atoms with E-state index in [0.717, 1.165) is 12.1 Å². The van der Waals surface area contributed by atoms with Crippen LogP contribution >= 0.6 is 0 Å². The van der Waals surface area contributed by atoms with E-state index in [1.807, 2.05) is 32.0 Å². The number of halogens is 1. The molecule has 21 heavy (non-hydrogen) atoms. The van der Waals surface area contributed by atoms with Crippen molar-refractivity contribution in [3.8, 4) is 0 Å². The topological polar surface area (TPSA) is 12.0 Å². The number of rotatable bonds is 5. The number of benzene rings is 2. The molecule has 2 aromatic carbocycles. The Balaban J connectivity index is 2.41. The highest BCUT2D eigenvalue weighted by Crippen LogP contribution is 2.27. The zero-order valence-corrected chi connectivity index (χ0v) is 13.3. The number of aryl methyl sites for hydroxylation is 1. The summed E-state index contributed by atoms with van der Waals surface area (Å²) in [5, 5.41) is 3.39. The van der Waals surface area contributed by atoms with Gasteiger partial charge in [-0.25, -0.2) is 4.39 Å². The number of hydrogen-bond donors (Lipinski definition) is 1. The summed E-state index contributed by atoms with van der Waals surface area (Å²) in [6, 6.07) is 14.0. The van der Waals surface area contributed by atoms with E-state index in [-0.39, 0.29) is 11.9 Å². The van der Waals surface area contributed by atoms with Crippen molar-refractivity contribution in [1.29, 1.82) is 0 Å². The fourth-order valence-corrected chi connectivity index (χ4v) is 2.58. The largest absolute Gasteiger partial charge is 0.306 e. The van der Waals surface area contributed by atoms with Gasteiger partial charge in [0.15, 0.2) is 0 Å². The monoisotopic (exact) mass is 285 g/mol. The summed E-state index contributed by atoms with van der Waals surface area (Å²) in [5.41, 5.74) is 3.81. The van der Waals surface area contributed by atoms with Crippen molar-refractivity contribution in [2.75, 3.05) is 6.54 Å². The highest BCUT2D eigenvalue weighted by Gasteiger charge is 2.18. The third kappa shape index (κ3) is 3.51. The smallest absolute Gasteiger partial charge is 0.131 e. The Hall–Kier alpha value is -1.67. The van der Waals surface area contributed by atoms with Crippen molar-refractivity contribution in [2.45, 2.75) is 39.7 Å². The Kier molecular flexibility index (Phi) is 5.13. The second-order valence-electron chi connectivity index (χ2n) is 5.79. The first kappa shape index (κ1) is 15.7. The Morgan fingerprint density at radius 2 is 1.62 bits per heavy atom. The molecule has 0 saturated heterocycles. The van der Waals surface area contributed by atoms with Gasteiger partial charge in [0.25, 0.3) is 0 Å². The molecule has 2 rings (SSSR count). The molecule has 0 aliphatic heterocycles. The fourth-order valence-electron chi connectivity index (χ4n) is 2.58. The molecule has 1 unspecified atom stereocenters. The third-order valence-electron chi connectivity index (χ3n) is 3.88. The lowest BCUT2D eigenvalue weighted by molar-refractivity contribution is 0.553. The first-order valence-electron chi connectivity index (χ1n) is 7.62. The van der Waals surface area contributed by atoms with Crippen molar-refractivity contribution in [1.82, 2.24) is 5.32 Å². The van der Waals surface area contributed by atoms with Crippen molar-refractivity contribution in [3.63, 3.8) is 0 Å². The normalized spacial score (nSPS) is 12.7. The van der Waals surface area contributed by atoms with Crippen molar-refractivity contribution in [3.05, 3.63) is 70.5 Å². The summed E-state index contributed by atoms with van der Waals surface area (Å²) in [6.07, 6.45) is 0. The van der Waals surface area contributed by atoms with Gasteiger partial charge in [-0.15, -0.1) is 0 Å². The zero-order valence-electron chi connectivity index (χ0n) is 13.3. The van der Waals surface area contributed by atoms with Crippen LogP contribution in [0, 0.1) is 12.7 Å². The molecule has 2 aromatic rings. The molecule has 0 fully saturated rings. The van der Waals surface area contributed by atoms with Crippen LogP contribution in [0.3, 0.4) is 0 Å². The minimum Gasteiger partial charge on any atom is -0.306 e. The molecule has 0 aliphatic rings. The van der Waals surface area contributed by atoms with E-state index in [2.05, 4.69) is 43.4 Å². The van der Waals surface area contributed by atoms with Crippen LogP contribution < -0.4 is 5.32 Å². The Morgan fingerprint density at radius 1 is 1.00 bits per heavy atom. The van der Waals surface area contributed by atoms with Gasteiger partial charge < -0.3 is 5.32 Å². The van der Waals surface area contributed by atoms with Crippen molar-refractivity contribution >= 4 is 0 Å². The van der Waals surface area contributed by atoms with Gasteiger partial charge in [-0.3, -0.25) is 0 Å². The number of hydrogen-bond acceptors (Lipinski definition) is 1. The molecular weight excluding hydrogens is 261 g/mol. The van der Waals surface area contributed by atoms with Crippen LogP contribution in [0.5, 0.6) is 0 Å². The van der Waals surface area contributed by atoms with Gasteiger partial charge in [0, 0.05) is 5.56 Å². The van der Waals surface area contributed by atoms with Crippen molar-refractivity contribution < 1.29 is 4.39 Å². The Labute approximate surface area is 127 Å². The fraction of sp³-hybridized carbons (Fsp3) is 0.368. The molecule has 2 heteroatoms. The first-order valence-corrected chi connectivity index (χ1v) is 7.62. The second-order valence-corrected chi connectivity index (χ2v) is 5.79. The lowest BCUT2D eigenvalue weighted by Gasteiger charge is -2.21. The SMILES string of the molecule is CCNC(c1ccc(C(C)C)cc1)c1cccc(C)c1F. The van der Waals surface area contributed by atoms with Gasteiger partial charge >= 0.3 is 0 Å². The van der Waals surface area contributed by atoms with Crippen LogP contribution in [0.4, 0.5) is 4.39 Å². The van der Waals surface area contributed by atoms with Gasteiger partial charge in [-0.05, 0) is 36.1 Å². The predicted molar refractivity (Wildman–Crippen MR) is 87.2 cm³/mol. The highest BCUT2D eigenvalue weighted by molar-refractivity contribution is 5.37. The van der Waals surface area contributed by atoms with Crippen LogP contribution in [0.15, 0.2) is 42.5 Å². The van der Waals surface area contributed by atoms with E-state index in [0.29, 0.717) is 17.0 Å². The minimum absolute atomic E-state index is 0.101. The maximum atomic E-state index is 14.4. The van der Waals surface area contributed by atoms with E-state index in [9.17, 15) is 4.39 Å². The second kappa shape index (κ2) is 6.86. The van der Waals surface area contributed by atoms with Gasteiger partial charge in [-0.2, -0.15) is 0 Å². The summed E-state index contributed by atoms with van der Waals surface area (Å²) >= 11 is 0. The Bertz CT molecular complexity index is 587. The first-order chi connectivity index (χ1) is 10.0. The molecule has 0 saturated carbocycles. The zero-order chi connectivity index (χ0) is 15.4. The Morgan fingerprint density at radius 3 is 2.19 bits per heavy atom. The summed E-state index contributed by atoms with van der Waals surface area (Å²) in [6.45, 7) is 9.00. The van der Waals surface area contributed by atoms with Gasteiger partial charge in [-0.1, -0.05) is 63.2 Å². The molecular formula is C19H24FN. The molecule has 112 valence electrons. The molecule has 1 nitrogen and oxygen atoms in total. The maximum absolute atomic E-state index is 14.4. The third-order valence-corrected chi connectivity index (χ3v) is 3.88. The highest BCUT2D eigenvalue weighted by atomic mass is 19.1. The van der Waals surface area contributed by atoms with E-state index in [1.165, 1.54) is 5.56 Å². The van der Waals surface area contributed by atoms with E-state index < -0.39 is 0 Å². The van der Waals surface area contributed by atoms with E-state index in [4.69, 9.17) is 0 Å². The minimum atomic E-state index is -0.114. The summed E-state index contributed by atoms with van der Waals surface area (Å²) in [7, 11) is 0. The molecule has 0 spiro atoms. The standard InChI is InChI=1S/C19H24FN/c1-5-21-19(17-8-6-7-14(4)18(17)20)16-11-9-15(10-12-16)13(2)3/h6-13,19,21H,5H2,1-4H3. The quantitative estimate of drug-likeness (QED) is 0.819. The molecule has 0 aromatic heterocycles. The van der Waals surface area contributed by atoms with Crippen LogP contribution in [0.1, 0.15) is 55.0 Å². The average Bonchev–Trinajstić information content (AvgIpc) is 2.48. The summed E-state index contributed by atoms with van der Waals surface area (Å²) in [4.78, 5) is 0. The predicted octanol–water partition coefficient (Wildman–Crippen LogP) is 4.96. The molecule has 0 radical (unpaired) electrons. The number of nitrogens with one attached hydrogen (secondary N) is 1. The van der Waals surface area contributed by atoms with Crippen LogP contribution in [-0.4, -0.2) is 6.54 Å². The summed E-state index contributed by atoms with van der Waals surface area (Å²) < 4.78 is 14.4. The average molecular weight is 285 g/mol. The van der Waals surface area contributed by atoms with E-state index in [1.54, 1.807) is 0 Å². The summed E-state index contributed by atoms with van der Waals surface area (Å²) in [5.74, 6) is 0.392.